The van der Waals surface area contributed by atoms with Gasteiger partial charge in [-0.05, 0) is 38.8 Å². The number of benzene rings is 1. The van der Waals surface area contributed by atoms with Crippen molar-refractivity contribution in [1.82, 2.24) is 9.97 Å². The van der Waals surface area contributed by atoms with Crippen molar-refractivity contribution in [3.05, 3.63) is 42.4 Å². The lowest BCUT2D eigenvalue weighted by molar-refractivity contribution is 0.102. The lowest BCUT2D eigenvalue weighted by Crippen LogP contribution is -2.20. The molecule has 3 rings (SSSR count). The normalized spacial score (nSPS) is 16.5. The summed E-state index contributed by atoms with van der Waals surface area (Å²) in [7, 11) is 0. The molecule has 0 bridgehead atoms. The number of carbonyl (C=O) groups excluding carboxylic acids is 1. The summed E-state index contributed by atoms with van der Waals surface area (Å²) in [6.45, 7) is 5.39. The standard InChI is InChI=1S/C19H24N4O3/c1-13(2)26-17-8-4-3-7-15(17)23-19(24)16-11-22-18(12-20-16)21-10-14-6-5-9-25-14/h3-4,7-8,11-14H,5-6,9-10H2,1-2H3,(H,21,22)(H,23,24). The first-order valence-electron chi connectivity index (χ1n) is 8.86. The molecule has 2 heterocycles. The van der Waals surface area contributed by atoms with Gasteiger partial charge >= 0.3 is 0 Å². The number of para-hydroxylation sites is 2. The van der Waals surface area contributed by atoms with Crippen molar-refractivity contribution >= 4 is 17.4 Å². The van der Waals surface area contributed by atoms with Crippen LogP contribution in [0.2, 0.25) is 0 Å². The highest BCUT2D eigenvalue weighted by Gasteiger charge is 2.16. The van der Waals surface area contributed by atoms with Crippen LogP contribution in [0.1, 0.15) is 37.2 Å². The summed E-state index contributed by atoms with van der Waals surface area (Å²) in [5.74, 6) is 0.919. The molecular formula is C19H24N4O3. The Morgan fingerprint density at radius 2 is 2.15 bits per heavy atom. The molecule has 1 atom stereocenters. The number of ether oxygens (including phenoxy) is 2. The first-order chi connectivity index (χ1) is 12.6. The predicted octanol–water partition coefficient (Wildman–Crippen LogP) is 3.11. The number of rotatable bonds is 7. The molecule has 138 valence electrons. The predicted molar refractivity (Wildman–Crippen MR) is 99.7 cm³/mol. The van der Waals surface area contributed by atoms with Crippen LogP contribution in [-0.2, 0) is 4.74 Å². The van der Waals surface area contributed by atoms with E-state index in [1.807, 2.05) is 32.0 Å². The van der Waals surface area contributed by atoms with E-state index in [1.165, 1.54) is 6.20 Å². The second-order valence-corrected chi connectivity index (χ2v) is 6.42. The van der Waals surface area contributed by atoms with Crippen LogP contribution in [0, 0.1) is 0 Å². The number of carbonyl (C=O) groups is 1. The second-order valence-electron chi connectivity index (χ2n) is 6.42. The Morgan fingerprint density at radius 3 is 2.85 bits per heavy atom. The van der Waals surface area contributed by atoms with Gasteiger partial charge in [0.1, 0.15) is 17.3 Å². The number of hydrogen-bond acceptors (Lipinski definition) is 6. The molecule has 7 heteroatoms. The summed E-state index contributed by atoms with van der Waals surface area (Å²) in [5.41, 5.74) is 0.848. The first-order valence-corrected chi connectivity index (χ1v) is 8.86. The molecule has 2 aromatic rings. The van der Waals surface area contributed by atoms with Gasteiger partial charge in [-0.3, -0.25) is 4.79 Å². The Morgan fingerprint density at radius 1 is 1.31 bits per heavy atom. The quantitative estimate of drug-likeness (QED) is 0.793. The van der Waals surface area contributed by atoms with Crippen molar-refractivity contribution in [2.45, 2.75) is 38.9 Å². The maximum atomic E-state index is 12.4. The molecule has 1 aliphatic rings. The van der Waals surface area contributed by atoms with Crippen LogP contribution in [0.3, 0.4) is 0 Å². The summed E-state index contributed by atoms with van der Waals surface area (Å²) >= 11 is 0. The molecule has 7 nitrogen and oxygen atoms in total. The number of nitrogens with zero attached hydrogens (tertiary/aromatic N) is 2. The van der Waals surface area contributed by atoms with Crippen LogP contribution in [0.15, 0.2) is 36.7 Å². The minimum absolute atomic E-state index is 0.0158. The highest BCUT2D eigenvalue weighted by Crippen LogP contribution is 2.25. The van der Waals surface area contributed by atoms with E-state index in [2.05, 4.69) is 20.6 Å². The Bertz CT molecular complexity index is 728. The van der Waals surface area contributed by atoms with Crippen molar-refractivity contribution < 1.29 is 14.3 Å². The zero-order chi connectivity index (χ0) is 18.4. The molecule has 0 spiro atoms. The Balaban J connectivity index is 1.59. The minimum atomic E-state index is -0.331. The summed E-state index contributed by atoms with van der Waals surface area (Å²) < 4.78 is 11.3. The summed E-state index contributed by atoms with van der Waals surface area (Å²) in [6, 6.07) is 7.31. The van der Waals surface area contributed by atoms with Crippen LogP contribution >= 0.6 is 0 Å². The first kappa shape index (κ1) is 18.1. The molecule has 1 saturated heterocycles. The molecular weight excluding hydrogens is 332 g/mol. The van der Waals surface area contributed by atoms with E-state index in [4.69, 9.17) is 9.47 Å². The third-order valence-corrected chi connectivity index (χ3v) is 3.92. The topological polar surface area (TPSA) is 85.4 Å². The largest absolute Gasteiger partial charge is 0.489 e. The van der Waals surface area contributed by atoms with Crippen molar-refractivity contribution in [2.75, 3.05) is 23.8 Å². The fraction of sp³-hybridized carbons (Fsp3) is 0.421. The van der Waals surface area contributed by atoms with E-state index in [0.29, 0.717) is 23.8 Å². The SMILES string of the molecule is CC(C)Oc1ccccc1NC(=O)c1cnc(NCC2CCCO2)cn1. The number of anilines is 2. The average Bonchev–Trinajstić information content (AvgIpc) is 3.15. The molecule has 1 aromatic heterocycles. The van der Waals surface area contributed by atoms with Gasteiger partial charge < -0.3 is 20.1 Å². The van der Waals surface area contributed by atoms with Gasteiger partial charge in [-0.2, -0.15) is 0 Å². The highest BCUT2D eigenvalue weighted by molar-refractivity contribution is 6.03. The highest BCUT2D eigenvalue weighted by atomic mass is 16.5. The van der Waals surface area contributed by atoms with Gasteiger partial charge in [0.05, 0.1) is 30.3 Å². The van der Waals surface area contributed by atoms with Gasteiger partial charge in [0.15, 0.2) is 0 Å². The van der Waals surface area contributed by atoms with Gasteiger partial charge in [0, 0.05) is 13.2 Å². The monoisotopic (exact) mass is 356 g/mol. The zero-order valence-corrected chi connectivity index (χ0v) is 15.1. The number of hydrogen-bond donors (Lipinski definition) is 2. The average molecular weight is 356 g/mol. The molecule has 0 aliphatic carbocycles. The van der Waals surface area contributed by atoms with E-state index in [9.17, 15) is 4.79 Å². The third kappa shape index (κ3) is 4.92. The van der Waals surface area contributed by atoms with E-state index in [1.54, 1.807) is 12.3 Å². The van der Waals surface area contributed by atoms with Crippen LogP contribution in [0.5, 0.6) is 5.75 Å². The molecule has 1 amide bonds. The molecule has 1 unspecified atom stereocenters. The van der Waals surface area contributed by atoms with Crippen LogP contribution in [0.4, 0.5) is 11.5 Å². The van der Waals surface area contributed by atoms with E-state index in [0.717, 1.165) is 19.4 Å². The second kappa shape index (κ2) is 8.62. The number of nitrogens with one attached hydrogen (secondary N) is 2. The Kier molecular flexibility index (Phi) is 6.01. The van der Waals surface area contributed by atoms with Crippen molar-refractivity contribution in [1.29, 1.82) is 0 Å². The molecule has 0 radical (unpaired) electrons. The fourth-order valence-corrected chi connectivity index (χ4v) is 2.67. The van der Waals surface area contributed by atoms with E-state index in [-0.39, 0.29) is 23.8 Å². The minimum Gasteiger partial charge on any atom is -0.489 e. The molecule has 1 aromatic carbocycles. The maximum absolute atomic E-state index is 12.4. The van der Waals surface area contributed by atoms with Crippen LogP contribution < -0.4 is 15.4 Å². The van der Waals surface area contributed by atoms with Gasteiger partial charge in [-0.15, -0.1) is 0 Å². The van der Waals surface area contributed by atoms with Gasteiger partial charge in [0.2, 0.25) is 0 Å². The van der Waals surface area contributed by atoms with Crippen molar-refractivity contribution in [2.24, 2.45) is 0 Å². The lowest BCUT2D eigenvalue weighted by Gasteiger charge is -2.14. The van der Waals surface area contributed by atoms with Crippen molar-refractivity contribution in [3.63, 3.8) is 0 Å². The summed E-state index contributed by atoms with van der Waals surface area (Å²) in [6.07, 6.45) is 5.40. The summed E-state index contributed by atoms with van der Waals surface area (Å²) in [5, 5.41) is 6.00. The Hall–Kier alpha value is -2.67. The van der Waals surface area contributed by atoms with Gasteiger partial charge in [-0.25, -0.2) is 9.97 Å². The van der Waals surface area contributed by atoms with Crippen LogP contribution in [0.25, 0.3) is 0 Å². The Labute approximate surface area is 153 Å². The number of aromatic nitrogens is 2. The van der Waals surface area contributed by atoms with Crippen LogP contribution in [-0.4, -0.2) is 41.2 Å². The summed E-state index contributed by atoms with van der Waals surface area (Å²) in [4.78, 5) is 20.9. The van der Waals surface area contributed by atoms with Crippen molar-refractivity contribution in [3.8, 4) is 5.75 Å². The zero-order valence-electron chi connectivity index (χ0n) is 15.1. The van der Waals surface area contributed by atoms with Gasteiger partial charge in [0.25, 0.3) is 5.91 Å². The molecule has 1 fully saturated rings. The molecule has 26 heavy (non-hydrogen) atoms. The molecule has 0 saturated carbocycles. The lowest BCUT2D eigenvalue weighted by atomic mass is 10.2. The third-order valence-electron chi connectivity index (χ3n) is 3.92. The van der Waals surface area contributed by atoms with Gasteiger partial charge in [-0.1, -0.05) is 12.1 Å². The number of amides is 1. The molecule has 2 N–H and O–H groups in total. The van der Waals surface area contributed by atoms with E-state index < -0.39 is 0 Å². The van der Waals surface area contributed by atoms with E-state index >= 15 is 0 Å². The fourth-order valence-electron chi connectivity index (χ4n) is 2.67. The smallest absolute Gasteiger partial charge is 0.275 e. The molecule has 1 aliphatic heterocycles. The maximum Gasteiger partial charge on any atom is 0.275 e.